The van der Waals surface area contributed by atoms with Crippen molar-refractivity contribution in [3.05, 3.63) is 62.2 Å². The molecule has 9 heteroatoms. The summed E-state index contributed by atoms with van der Waals surface area (Å²) in [6.45, 7) is 4.40. The van der Waals surface area contributed by atoms with Crippen LogP contribution in [0, 0.1) is 22.9 Å². The zero-order valence-corrected chi connectivity index (χ0v) is 16.5. The Kier molecular flexibility index (Phi) is 4.04. The number of halogens is 1. The summed E-state index contributed by atoms with van der Waals surface area (Å²) in [5.41, 5.74) is 1.39. The number of likely N-dealkylation sites (N-methyl/N-ethyl adjacent to an activating group) is 1. The number of rotatable bonds is 2. The molecule has 5 rings (SSSR count). The summed E-state index contributed by atoms with van der Waals surface area (Å²) in [4.78, 5) is 27.6. The van der Waals surface area contributed by atoms with Gasteiger partial charge in [-0.1, -0.05) is 0 Å². The van der Waals surface area contributed by atoms with Gasteiger partial charge in [0.2, 0.25) is 0 Å². The second-order valence-corrected chi connectivity index (χ2v) is 7.75. The van der Waals surface area contributed by atoms with Gasteiger partial charge >= 0.3 is 0 Å². The molecule has 0 aliphatic carbocycles. The van der Waals surface area contributed by atoms with E-state index in [1.54, 1.807) is 23.8 Å². The van der Waals surface area contributed by atoms with Gasteiger partial charge in [0.25, 0.3) is 5.69 Å². The second-order valence-electron chi connectivity index (χ2n) is 7.75. The molecule has 3 aromatic rings. The Hall–Kier alpha value is -3.46. The van der Waals surface area contributed by atoms with Gasteiger partial charge in [0.15, 0.2) is 22.7 Å². The zero-order chi connectivity index (χ0) is 21.2. The summed E-state index contributed by atoms with van der Waals surface area (Å²) in [7, 11) is 2.00. The van der Waals surface area contributed by atoms with Crippen LogP contribution in [0.25, 0.3) is 16.6 Å². The number of benzene rings is 2. The monoisotopic (exact) mass is 410 g/mol. The summed E-state index contributed by atoms with van der Waals surface area (Å²) in [5.74, 6) is -0.0631. The molecule has 1 aromatic heterocycles. The number of nitrogens with zero attached hydrogens (tertiary/aromatic N) is 4. The maximum atomic E-state index is 15.3. The van der Waals surface area contributed by atoms with Crippen LogP contribution in [0.4, 0.5) is 15.8 Å². The smallest absolute Gasteiger partial charge is 0.273 e. The molecule has 30 heavy (non-hydrogen) atoms. The fourth-order valence-electron chi connectivity index (χ4n) is 4.17. The molecule has 0 radical (unpaired) electrons. The highest BCUT2D eigenvalue weighted by Crippen LogP contribution is 2.47. The van der Waals surface area contributed by atoms with E-state index in [1.165, 1.54) is 18.2 Å². The van der Waals surface area contributed by atoms with Crippen LogP contribution >= 0.6 is 0 Å². The van der Waals surface area contributed by atoms with Crippen LogP contribution in [0.5, 0.6) is 11.5 Å². The molecule has 154 valence electrons. The van der Waals surface area contributed by atoms with Crippen LogP contribution in [0.1, 0.15) is 5.56 Å². The topological polar surface area (TPSA) is 80.8 Å². The number of anilines is 1. The molecule has 0 amide bonds. The van der Waals surface area contributed by atoms with E-state index in [2.05, 4.69) is 4.90 Å². The second kappa shape index (κ2) is 6.53. The van der Waals surface area contributed by atoms with E-state index < -0.39 is 10.7 Å². The standard InChI is InChI=1S/C21H19FN4O4/c1-12-11-25-16-4-3-13(26(28)29)9-17(16)30-21-18(25)14(20(12)27)10-15(22)19(21)24-7-5-23(2)6-8-24/h3-4,9-11H,5-8H2,1-2H3. The van der Waals surface area contributed by atoms with Crippen LogP contribution in [0.15, 0.2) is 35.3 Å². The van der Waals surface area contributed by atoms with Crippen molar-refractivity contribution in [1.29, 1.82) is 0 Å². The van der Waals surface area contributed by atoms with Crippen LogP contribution in [0.2, 0.25) is 0 Å². The van der Waals surface area contributed by atoms with Gasteiger partial charge in [0.05, 0.1) is 22.1 Å². The third-order valence-corrected chi connectivity index (χ3v) is 5.79. The number of aryl methyl sites for hydroxylation is 1. The van der Waals surface area contributed by atoms with E-state index in [0.717, 1.165) is 13.1 Å². The van der Waals surface area contributed by atoms with Crippen LogP contribution in [0.3, 0.4) is 0 Å². The van der Waals surface area contributed by atoms with Gasteiger partial charge in [-0.15, -0.1) is 0 Å². The Bertz CT molecular complexity index is 1280. The molecule has 2 aromatic carbocycles. The van der Waals surface area contributed by atoms with Gasteiger partial charge in [-0.3, -0.25) is 14.9 Å². The minimum Gasteiger partial charge on any atom is -0.450 e. The molecule has 1 saturated heterocycles. The first-order valence-corrected chi connectivity index (χ1v) is 9.64. The molecule has 0 N–H and O–H groups in total. The average molecular weight is 410 g/mol. The van der Waals surface area contributed by atoms with Gasteiger partial charge in [-0.2, -0.15) is 0 Å². The van der Waals surface area contributed by atoms with E-state index >= 15 is 4.39 Å². The molecular formula is C21H19FN4O4. The Morgan fingerprint density at radius 1 is 1.17 bits per heavy atom. The van der Waals surface area contributed by atoms with Gasteiger partial charge in [0, 0.05) is 44.0 Å². The predicted octanol–water partition coefficient (Wildman–Crippen LogP) is 3.20. The molecule has 1 fully saturated rings. The largest absolute Gasteiger partial charge is 0.450 e. The van der Waals surface area contributed by atoms with Crippen molar-refractivity contribution in [3.8, 4) is 17.2 Å². The Labute approximate surface area is 170 Å². The highest BCUT2D eigenvalue weighted by molar-refractivity contribution is 5.95. The summed E-state index contributed by atoms with van der Waals surface area (Å²) >= 11 is 0. The molecule has 2 aliphatic rings. The molecule has 2 aliphatic heterocycles. The molecule has 0 saturated carbocycles. The van der Waals surface area contributed by atoms with Crippen LogP contribution in [-0.4, -0.2) is 47.6 Å². The lowest BCUT2D eigenvalue weighted by Gasteiger charge is -2.36. The number of nitro groups is 1. The van der Waals surface area contributed by atoms with Gasteiger partial charge in [0.1, 0.15) is 11.2 Å². The first kappa shape index (κ1) is 18.6. The number of ether oxygens (including phenoxy) is 1. The quantitative estimate of drug-likeness (QED) is 0.373. The fourth-order valence-corrected chi connectivity index (χ4v) is 4.17. The first-order chi connectivity index (χ1) is 14.3. The summed E-state index contributed by atoms with van der Waals surface area (Å²) in [6.07, 6.45) is 1.67. The molecule has 8 nitrogen and oxygen atoms in total. The zero-order valence-electron chi connectivity index (χ0n) is 16.5. The molecule has 0 unspecified atom stereocenters. The Morgan fingerprint density at radius 2 is 1.90 bits per heavy atom. The summed E-state index contributed by atoms with van der Waals surface area (Å²) in [6, 6.07) is 5.57. The molecule has 0 bridgehead atoms. The number of pyridine rings is 1. The summed E-state index contributed by atoms with van der Waals surface area (Å²) < 4.78 is 23.1. The lowest BCUT2D eigenvalue weighted by molar-refractivity contribution is -0.384. The van der Waals surface area contributed by atoms with Crippen molar-refractivity contribution in [1.82, 2.24) is 9.47 Å². The molecule has 0 spiro atoms. The molecule has 0 atom stereocenters. The van der Waals surface area contributed by atoms with Crippen LogP contribution in [-0.2, 0) is 0 Å². The van der Waals surface area contributed by atoms with Gasteiger partial charge in [-0.25, -0.2) is 4.39 Å². The number of hydrogen-bond donors (Lipinski definition) is 0. The van der Waals surface area contributed by atoms with Crippen molar-refractivity contribution < 1.29 is 14.1 Å². The highest BCUT2D eigenvalue weighted by Gasteiger charge is 2.31. The SMILES string of the molecule is Cc1cn2c3c(c(N4CCN(C)CC4)c(F)cc3c1=O)Oc1cc([N+](=O)[O-])ccc1-2. The van der Waals surface area contributed by atoms with E-state index in [0.29, 0.717) is 29.9 Å². The van der Waals surface area contributed by atoms with Crippen molar-refractivity contribution >= 4 is 22.3 Å². The van der Waals surface area contributed by atoms with Gasteiger partial charge < -0.3 is 19.1 Å². The lowest BCUT2D eigenvalue weighted by Crippen LogP contribution is -2.45. The van der Waals surface area contributed by atoms with Crippen LogP contribution < -0.4 is 15.1 Å². The Balaban J connectivity index is 1.82. The van der Waals surface area contributed by atoms with Crippen molar-refractivity contribution in [2.24, 2.45) is 0 Å². The third kappa shape index (κ3) is 2.66. The maximum absolute atomic E-state index is 15.3. The molecule has 3 heterocycles. The first-order valence-electron chi connectivity index (χ1n) is 9.64. The van der Waals surface area contributed by atoms with Crippen molar-refractivity contribution in [2.75, 3.05) is 38.1 Å². The highest BCUT2D eigenvalue weighted by atomic mass is 19.1. The third-order valence-electron chi connectivity index (χ3n) is 5.79. The van der Waals surface area contributed by atoms with E-state index in [1.807, 2.05) is 11.9 Å². The normalized spacial score (nSPS) is 15.8. The number of nitro benzene ring substituents is 1. The van der Waals surface area contributed by atoms with E-state index in [4.69, 9.17) is 4.74 Å². The summed E-state index contributed by atoms with van der Waals surface area (Å²) in [5, 5.41) is 11.5. The number of non-ortho nitro benzene ring substituents is 1. The minimum atomic E-state index is -0.537. The van der Waals surface area contributed by atoms with E-state index in [9.17, 15) is 14.9 Å². The molecular weight excluding hydrogens is 391 g/mol. The number of aromatic nitrogens is 1. The minimum absolute atomic E-state index is 0.122. The number of fused-ring (bicyclic) bond motifs is 2. The fraction of sp³-hybridized carbons (Fsp3) is 0.286. The van der Waals surface area contributed by atoms with Gasteiger partial charge in [-0.05, 0) is 26.1 Å². The van der Waals surface area contributed by atoms with Crippen molar-refractivity contribution in [3.63, 3.8) is 0 Å². The number of hydrogen-bond acceptors (Lipinski definition) is 6. The maximum Gasteiger partial charge on any atom is 0.273 e. The number of piperazine rings is 1. The predicted molar refractivity (Wildman–Crippen MR) is 111 cm³/mol. The van der Waals surface area contributed by atoms with E-state index in [-0.39, 0.29) is 33.7 Å². The average Bonchev–Trinajstić information content (AvgIpc) is 2.72. The Morgan fingerprint density at radius 3 is 2.60 bits per heavy atom. The lowest BCUT2D eigenvalue weighted by atomic mass is 10.1. The van der Waals surface area contributed by atoms with Crippen molar-refractivity contribution in [2.45, 2.75) is 6.92 Å².